The molecule has 35 heavy (non-hydrogen) atoms. The highest BCUT2D eigenvalue weighted by atomic mass is 32.2. The lowest BCUT2D eigenvalue weighted by molar-refractivity contribution is -0.134. The largest absolute Gasteiger partial charge is 0.340 e. The Morgan fingerprint density at radius 1 is 0.857 bits per heavy atom. The Kier molecular flexibility index (Phi) is 7.57. The van der Waals surface area contributed by atoms with Crippen molar-refractivity contribution < 1.29 is 22.4 Å². The Morgan fingerprint density at radius 3 is 2.11 bits per heavy atom. The summed E-state index contributed by atoms with van der Waals surface area (Å²) in [4.78, 5) is 27.7. The van der Waals surface area contributed by atoms with Gasteiger partial charge in [0.15, 0.2) is 0 Å². The molecule has 2 amide bonds. The Morgan fingerprint density at radius 2 is 1.49 bits per heavy atom. The van der Waals surface area contributed by atoms with Crippen molar-refractivity contribution in [2.24, 2.45) is 0 Å². The number of hydrogen-bond acceptors (Lipinski definition) is 4. The molecule has 0 unspecified atom stereocenters. The SMILES string of the molecule is O=C(N[C@H](Cc1ccccc1)C(=O)N1CCN(S(=O)(=O)c2cccc(F)c2)CC1)c1ccccc1. The van der Waals surface area contributed by atoms with Gasteiger partial charge in [0.2, 0.25) is 15.9 Å². The Balaban J connectivity index is 1.47. The molecule has 1 fully saturated rings. The zero-order valence-corrected chi connectivity index (χ0v) is 19.8. The summed E-state index contributed by atoms with van der Waals surface area (Å²) in [6, 6.07) is 22.1. The second-order valence-electron chi connectivity index (χ2n) is 8.27. The standard InChI is InChI=1S/C26H26FN3O4S/c27-22-12-7-13-23(19-22)35(33,34)30-16-14-29(15-17-30)26(32)24(18-20-8-3-1-4-9-20)28-25(31)21-10-5-2-6-11-21/h1-13,19,24H,14-18H2,(H,28,31)/t24-/m1/s1. The maximum Gasteiger partial charge on any atom is 0.251 e. The molecule has 1 aliphatic rings. The van der Waals surface area contributed by atoms with Crippen molar-refractivity contribution in [2.75, 3.05) is 26.2 Å². The first kappa shape index (κ1) is 24.6. The molecule has 0 aromatic heterocycles. The van der Waals surface area contributed by atoms with E-state index >= 15 is 0 Å². The predicted octanol–water partition coefficient (Wildman–Crippen LogP) is 2.70. The number of rotatable bonds is 7. The van der Waals surface area contributed by atoms with E-state index in [4.69, 9.17) is 0 Å². The molecule has 3 aromatic rings. The molecular weight excluding hydrogens is 469 g/mol. The summed E-state index contributed by atoms with van der Waals surface area (Å²) in [5.41, 5.74) is 1.34. The number of halogens is 1. The molecule has 0 bridgehead atoms. The third-order valence-electron chi connectivity index (χ3n) is 5.91. The molecule has 0 aliphatic carbocycles. The van der Waals surface area contributed by atoms with Crippen LogP contribution in [0.3, 0.4) is 0 Å². The van der Waals surface area contributed by atoms with Gasteiger partial charge in [-0.3, -0.25) is 9.59 Å². The zero-order chi connectivity index (χ0) is 24.8. The summed E-state index contributed by atoms with van der Waals surface area (Å²) < 4.78 is 40.6. The third kappa shape index (κ3) is 5.93. The number of benzene rings is 3. The van der Waals surface area contributed by atoms with E-state index in [-0.39, 0.29) is 42.9 Å². The van der Waals surface area contributed by atoms with Crippen molar-refractivity contribution >= 4 is 21.8 Å². The van der Waals surface area contributed by atoms with E-state index < -0.39 is 21.9 Å². The number of carbonyl (C=O) groups is 2. The molecule has 1 heterocycles. The summed E-state index contributed by atoms with van der Waals surface area (Å²) in [6.07, 6.45) is 0.306. The van der Waals surface area contributed by atoms with Crippen molar-refractivity contribution in [1.82, 2.24) is 14.5 Å². The highest BCUT2D eigenvalue weighted by Gasteiger charge is 2.33. The lowest BCUT2D eigenvalue weighted by Gasteiger charge is -2.36. The van der Waals surface area contributed by atoms with Gasteiger partial charge in [0.25, 0.3) is 5.91 Å². The molecule has 1 aliphatic heterocycles. The van der Waals surface area contributed by atoms with Crippen LogP contribution in [0.4, 0.5) is 4.39 Å². The molecule has 4 rings (SSSR count). The molecule has 7 nitrogen and oxygen atoms in total. The molecule has 182 valence electrons. The topological polar surface area (TPSA) is 86.8 Å². The van der Waals surface area contributed by atoms with Crippen LogP contribution in [0.15, 0.2) is 89.8 Å². The number of carbonyl (C=O) groups excluding carboxylic acids is 2. The molecule has 1 N–H and O–H groups in total. The molecule has 0 radical (unpaired) electrons. The van der Waals surface area contributed by atoms with Crippen LogP contribution in [0.25, 0.3) is 0 Å². The summed E-state index contributed by atoms with van der Waals surface area (Å²) in [7, 11) is -3.87. The maximum atomic E-state index is 13.6. The summed E-state index contributed by atoms with van der Waals surface area (Å²) in [6.45, 7) is 0.490. The maximum absolute atomic E-state index is 13.6. The van der Waals surface area contributed by atoms with Gasteiger partial charge in [0.1, 0.15) is 11.9 Å². The molecule has 1 atom stereocenters. The average Bonchev–Trinajstić information content (AvgIpc) is 2.89. The van der Waals surface area contributed by atoms with E-state index in [0.29, 0.717) is 12.0 Å². The van der Waals surface area contributed by atoms with Gasteiger partial charge in [-0.15, -0.1) is 0 Å². The second kappa shape index (κ2) is 10.8. The van der Waals surface area contributed by atoms with E-state index in [1.807, 2.05) is 30.3 Å². The Bertz CT molecular complexity index is 1280. The fourth-order valence-corrected chi connectivity index (χ4v) is 5.48. The van der Waals surface area contributed by atoms with Crippen LogP contribution in [0.5, 0.6) is 0 Å². The monoisotopic (exact) mass is 495 g/mol. The minimum absolute atomic E-state index is 0.0786. The fraction of sp³-hybridized carbons (Fsp3) is 0.231. The van der Waals surface area contributed by atoms with Crippen LogP contribution in [-0.2, 0) is 21.2 Å². The van der Waals surface area contributed by atoms with Crippen molar-refractivity contribution in [3.05, 3.63) is 102 Å². The van der Waals surface area contributed by atoms with E-state index in [9.17, 15) is 22.4 Å². The molecule has 3 aromatic carbocycles. The molecular formula is C26H26FN3O4S. The Hall–Kier alpha value is -3.56. The first-order chi connectivity index (χ1) is 16.8. The van der Waals surface area contributed by atoms with Gasteiger partial charge in [0, 0.05) is 38.2 Å². The minimum Gasteiger partial charge on any atom is -0.340 e. The smallest absolute Gasteiger partial charge is 0.251 e. The van der Waals surface area contributed by atoms with Gasteiger partial charge >= 0.3 is 0 Å². The number of piperazine rings is 1. The lowest BCUT2D eigenvalue weighted by Crippen LogP contribution is -2.56. The molecule has 1 saturated heterocycles. The van der Waals surface area contributed by atoms with Crippen molar-refractivity contribution in [3.8, 4) is 0 Å². The molecule has 9 heteroatoms. The number of amides is 2. The predicted molar refractivity (Wildman–Crippen MR) is 130 cm³/mol. The van der Waals surface area contributed by atoms with Gasteiger partial charge < -0.3 is 10.2 Å². The van der Waals surface area contributed by atoms with Crippen LogP contribution in [0, 0.1) is 5.82 Å². The van der Waals surface area contributed by atoms with Crippen LogP contribution >= 0.6 is 0 Å². The van der Waals surface area contributed by atoms with Gasteiger partial charge in [-0.2, -0.15) is 4.31 Å². The van der Waals surface area contributed by atoms with Crippen molar-refractivity contribution in [2.45, 2.75) is 17.4 Å². The van der Waals surface area contributed by atoms with Gasteiger partial charge in [-0.05, 0) is 35.9 Å². The van der Waals surface area contributed by atoms with E-state index in [1.165, 1.54) is 22.5 Å². The van der Waals surface area contributed by atoms with Crippen LogP contribution in [0.1, 0.15) is 15.9 Å². The quantitative estimate of drug-likeness (QED) is 0.546. The van der Waals surface area contributed by atoms with Crippen molar-refractivity contribution in [1.29, 1.82) is 0 Å². The lowest BCUT2D eigenvalue weighted by atomic mass is 10.0. The normalized spacial score (nSPS) is 15.4. The van der Waals surface area contributed by atoms with Crippen molar-refractivity contribution in [3.63, 3.8) is 0 Å². The minimum atomic E-state index is -3.87. The average molecular weight is 496 g/mol. The first-order valence-electron chi connectivity index (χ1n) is 11.3. The van der Waals surface area contributed by atoms with Crippen LogP contribution < -0.4 is 5.32 Å². The number of nitrogens with zero attached hydrogens (tertiary/aromatic N) is 2. The van der Waals surface area contributed by atoms with Gasteiger partial charge in [-0.1, -0.05) is 54.6 Å². The number of hydrogen-bond donors (Lipinski definition) is 1. The Labute approximate surface area is 204 Å². The van der Waals surface area contributed by atoms with E-state index in [2.05, 4.69) is 5.32 Å². The molecule has 0 spiro atoms. The van der Waals surface area contributed by atoms with E-state index in [1.54, 1.807) is 35.2 Å². The summed E-state index contributed by atoms with van der Waals surface area (Å²) in [5.74, 6) is -1.26. The summed E-state index contributed by atoms with van der Waals surface area (Å²) in [5, 5.41) is 2.85. The van der Waals surface area contributed by atoms with Crippen LogP contribution in [-0.4, -0.2) is 61.7 Å². The fourth-order valence-electron chi connectivity index (χ4n) is 4.03. The summed E-state index contributed by atoms with van der Waals surface area (Å²) >= 11 is 0. The second-order valence-corrected chi connectivity index (χ2v) is 10.2. The van der Waals surface area contributed by atoms with E-state index in [0.717, 1.165) is 11.6 Å². The third-order valence-corrected chi connectivity index (χ3v) is 7.80. The highest BCUT2D eigenvalue weighted by Crippen LogP contribution is 2.19. The number of sulfonamides is 1. The number of nitrogens with one attached hydrogen (secondary N) is 1. The van der Waals surface area contributed by atoms with Gasteiger partial charge in [0.05, 0.1) is 4.90 Å². The van der Waals surface area contributed by atoms with Crippen LogP contribution in [0.2, 0.25) is 0 Å². The molecule has 0 saturated carbocycles. The first-order valence-corrected chi connectivity index (χ1v) is 12.7. The highest BCUT2D eigenvalue weighted by molar-refractivity contribution is 7.89. The van der Waals surface area contributed by atoms with Gasteiger partial charge in [-0.25, -0.2) is 12.8 Å². The zero-order valence-electron chi connectivity index (χ0n) is 19.0.